The lowest BCUT2D eigenvalue weighted by Crippen LogP contribution is -2.38. The molecule has 1 N–H and O–H groups in total. The maximum atomic E-state index is 12.6. The van der Waals surface area contributed by atoms with E-state index in [2.05, 4.69) is 4.90 Å². The zero-order chi connectivity index (χ0) is 19.5. The van der Waals surface area contributed by atoms with E-state index in [4.69, 9.17) is 9.15 Å². The summed E-state index contributed by atoms with van der Waals surface area (Å²) >= 11 is 0. The predicted molar refractivity (Wildman–Crippen MR) is 110 cm³/mol. The van der Waals surface area contributed by atoms with Crippen molar-refractivity contribution in [2.24, 2.45) is 0 Å². The monoisotopic (exact) mass is 379 g/mol. The second kappa shape index (κ2) is 8.17. The summed E-state index contributed by atoms with van der Waals surface area (Å²) in [6, 6.07) is 14.8. The fraction of sp³-hybridized carbons (Fsp3) is 0.348. The number of likely N-dealkylation sites (tertiary alicyclic amines) is 1. The zero-order valence-corrected chi connectivity index (χ0v) is 16.1. The lowest BCUT2D eigenvalue weighted by atomic mass is 10.1. The van der Waals surface area contributed by atoms with Gasteiger partial charge in [0.25, 0.3) is 0 Å². The van der Waals surface area contributed by atoms with Crippen LogP contribution in [0.4, 0.5) is 0 Å². The predicted octanol–water partition coefficient (Wildman–Crippen LogP) is 3.60. The highest BCUT2D eigenvalue weighted by atomic mass is 16.5. The van der Waals surface area contributed by atoms with E-state index in [1.165, 1.54) is 0 Å². The van der Waals surface area contributed by atoms with E-state index in [1.807, 2.05) is 43.3 Å². The minimum Gasteiger partial charge on any atom is -0.492 e. The Hall–Kier alpha value is -2.63. The van der Waals surface area contributed by atoms with Gasteiger partial charge in [0.2, 0.25) is 0 Å². The smallest absolute Gasteiger partial charge is 0.193 e. The van der Waals surface area contributed by atoms with Gasteiger partial charge in [0.05, 0.1) is 11.5 Å². The second-order valence-electron chi connectivity index (χ2n) is 7.33. The first kappa shape index (κ1) is 18.7. The Labute approximate surface area is 164 Å². The number of aryl methyl sites for hydroxylation is 1. The first-order chi connectivity index (χ1) is 13.6. The molecule has 1 aliphatic heterocycles. The normalized spacial score (nSPS) is 15.8. The van der Waals surface area contributed by atoms with E-state index in [0.29, 0.717) is 23.3 Å². The number of ether oxygens (including phenoxy) is 1. The molecule has 0 atom stereocenters. The lowest BCUT2D eigenvalue weighted by molar-refractivity contribution is 0.0754. The summed E-state index contributed by atoms with van der Waals surface area (Å²) < 4.78 is 12.1. The summed E-state index contributed by atoms with van der Waals surface area (Å²) in [6.45, 7) is 5.10. The first-order valence-electron chi connectivity index (χ1n) is 9.78. The Bertz CT molecular complexity index is 1000. The van der Waals surface area contributed by atoms with Gasteiger partial charge in [-0.3, -0.25) is 9.69 Å². The molecule has 0 radical (unpaired) electrons. The molecule has 5 nitrogen and oxygen atoms in total. The minimum atomic E-state index is -0.165. The molecule has 146 valence electrons. The van der Waals surface area contributed by atoms with Crippen LogP contribution >= 0.6 is 0 Å². The molecule has 0 bridgehead atoms. The summed E-state index contributed by atoms with van der Waals surface area (Å²) in [4.78, 5) is 14.9. The van der Waals surface area contributed by atoms with E-state index in [1.54, 1.807) is 12.1 Å². The van der Waals surface area contributed by atoms with E-state index in [-0.39, 0.29) is 11.5 Å². The molecule has 28 heavy (non-hydrogen) atoms. The van der Waals surface area contributed by atoms with Crippen molar-refractivity contribution in [2.45, 2.75) is 25.9 Å². The topological polar surface area (TPSA) is 62.9 Å². The van der Waals surface area contributed by atoms with Crippen LogP contribution in [0.25, 0.3) is 22.3 Å². The SMILES string of the molecule is Cc1c(OCCN2CCC(O)CC2)ccc2c(=O)cc(-c3ccccc3)oc12. The first-order valence-corrected chi connectivity index (χ1v) is 9.78. The molecule has 0 amide bonds. The van der Waals surface area contributed by atoms with Crippen LogP contribution in [0.5, 0.6) is 5.75 Å². The largest absolute Gasteiger partial charge is 0.492 e. The van der Waals surface area contributed by atoms with Gasteiger partial charge >= 0.3 is 0 Å². The quantitative estimate of drug-likeness (QED) is 0.734. The molecule has 5 heteroatoms. The van der Waals surface area contributed by atoms with Crippen molar-refractivity contribution in [3.63, 3.8) is 0 Å². The molecule has 4 rings (SSSR count). The van der Waals surface area contributed by atoms with E-state index >= 15 is 0 Å². The molecule has 0 aliphatic carbocycles. The summed E-state index contributed by atoms with van der Waals surface area (Å²) in [6.07, 6.45) is 1.48. The fourth-order valence-electron chi connectivity index (χ4n) is 3.66. The van der Waals surface area contributed by atoms with Crippen molar-refractivity contribution in [1.82, 2.24) is 4.90 Å². The molecule has 3 aromatic rings. The van der Waals surface area contributed by atoms with E-state index in [9.17, 15) is 9.90 Å². The Morgan fingerprint density at radius 3 is 2.64 bits per heavy atom. The van der Waals surface area contributed by atoms with Gasteiger partial charge in [-0.15, -0.1) is 0 Å². The number of piperidine rings is 1. The third-order valence-corrected chi connectivity index (χ3v) is 5.38. The highest BCUT2D eigenvalue weighted by Crippen LogP contribution is 2.29. The third-order valence-electron chi connectivity index (χ3n) is 5.38. The molecule has 0 spiro atoms. The van der Waals surface area contributed by atoms with Crippen LogP contribution in [0.2, 0.25) is 0 Å². The van der Waals surface area contributed by atoms with E-state index in [0.717, 1.165) is 49.4 Å². The molecule has 1 fully saturated rings. The Kier molecular flexibility index (Phi) is 5.46. The summed E-state index contributed by atoms with van der Waals surface area (Å²) in [5.74, 6) is 1.29. The number of nitrogens with zero attached hydrogens (tertiary/aromatic N) is 1. The van der Waals surface area contributed by atoms with Gasteiger partial charge in [-0.1, -0.05) is 30.3 Å². The molecular formula is C23H25NO4. The highest BCUT2D eigenvalue weighted by Gasteiger charge is 2.17. The third kappa shape index (κ3) is 3.96. The number of aliphatic hydroxyl groups is 1. The van der Waals surface area contributed by atoms with Crippen LogP contribution in [-0.2, 0) is 0 Å². The maximum Gasteiger partial charge on any atom is 0.193 e. The number of fused-ring (bicyclic) bond motifs is 1. The van der Waals surface area contributed by atoms with Crippen molar-refractivity contribution in [3.05, 3.63) is 64.3 Å². The molecule has 2 aromatic carbocycles. The Morgan fingerprint density at radius 1 is 1.14 bits per heavy atom. The van der Waals surface area contributed by atoms with Gasteiger partial charge in [0.15, 0.2) is 5.43 Å². The Balaban J connectivity index is 1.55. The zero-order valence-electron chi connectivity index (χ0n) is 16.1. The number of aliphatic hydroxyl groups excluding tert-OH is 1. The molecule has 1 saturated heterocycles. The maximum absolute atomic E-state index is 12.6. The molecule has 1 aliphatic rings. The van der Waals surface area contributed by atoms with Crippen molar-refractivity contribution >= 4 is 11.0 Å². The van der Waals surface area contributed by atoms with Crippen molar-refractivity contribution in [2.75, 3.05) is 26.2 Å². The number of hydrogen-bond donors (Lipinski definition) is 1. The minimum absolute atomic E-state index is 0.0540. The molecule has 1 aromatic heterocycles. The fourth-order valence-corrected chi connectivity index (χ4v) is 3.66. The van der Waals surface area contributed by atoms with E-state index < -0.39 is 0 Å². The summed E-state index contributed by atoms with van der Waals surface area (Å²) in [5, 5.41) is 10.2. The van der Waals surface area contributed by atoms with Gasteiger partial charge < -0.3 is 14.3 Å². The van der Waals surface area contributed by atoms with Gasteiger partial charge in [-0.2, -0.15) is 0 Å². The average Bonchev–Trinajstić information content (AvgIpc) is 2.72. The van der Waals surface area contributed by atoms with Gasteiger partial charge in [0.1, 0.15) is 23.7 Å². The van der Waals surface area contributed by atoms with Crippen LogP contribution in [0.1, 0.15) is 18.4 Å². The van der Waals surface area contributed by atoms with Crippen molar-refractivity contribution < 1.29 is 14.3 Å². The highest BCUT2D eigenvalue weighted by molar-refractivity contribution is 5.83. The number of hydrogen-bond acceptors (Lipinski definition) is 5. The molecule has 0 saturated carbocycles. The molecular weight excluding hydrogens is 354 g/mol. The summed E-state index contributed by atoms with van der Waals surface area (Å²) in [5.41, 5.74) is 2.23. The van der Waals surface area contributed by atoms with Crippen LogP contribution in [-0.4, -0.2) is 42.4 Å². The van der Waals surface area contributed by atoms with Gasteiger partial charge in [-0.05, 0) is 31.9 Å². The Morgan fingerprint density at radius 2 is 1.89 bits per heavy atom. The van der Waals surface area contributed by atoms with Crippen LogP contribution < -0.4 is 10.2 Å². The average molecular weight is 379 g/mol. The standard InChI is InChI=1S/C23H25NO4/c1-16-21(27-14-13-24-11-9-18(25)10-12-24)8-7-19-20(26)15-22(28-23(16)19)17-5-3-2-4-6-17/h2-8,15,18,25H,9-14H2,1H3. The van der Waals surface area contributed by atoms with Gasteiger partial charge in [0, 0.05) is 36.8 Å². The molecule has 2 heterocycles. The molecule has 0 unspecified atom stereocenters. The van der Waals surface area contributed by atoms with Crippen LogP contribution in [0, 0.1) is 6.92 Å². The van der Waals surface area contributed by atoms with Crippen molar-refractivity contribution in [3.8, 4) is 17.1 Å². The van der Waals surface area contributed by atoms with Gasteiger partial charge in [-0.25, -0.2) is 0 Å². The van der Waals surface area contributed by atoms with Crippen LogP contribution in [0.15, 0.2) is 57.7 Å². The van der Waals surface area contributed by atoms with Crippen molar-refractivity contribution in [1.29, 1.82) is 0 Å². The van der Waals surface area contributed by atoms with Crippen LogP contribution in [0.3, 0.4) is 0 Å². The second-order valence-corrected chi connectivity index (χ2v) is 7.33. The number of rotatable bonds is 5. The lowest BCUT2D eigenvalue weighted by Gasteiger charge is -2.29. The number of benzene rings is 2. The summed E-state index contributed by atoms with van der Waals surface area (Å²) in [7, 11) is 0.